The van der Waals surface area contributed by atoms with Gasteiger partial charge in [-0.1, -0.05) is 30.7 Å². The van der Waals surface area contributed by atoms with Crippen molar-refractivity contribution in [1.82, 2.24) is 9.88 Å². The minimum atomic E-state index is -0.0948. The van der Waals surface area contributed by atoms with Gasteiger partial charge in [0.1, 0.15) is 11.5 Å². The number of rotatable bonds is 5. The summed E-state index contributed by atoms with van der Waals surface area (Å²) in [5, 5.41) is 1.08. The van der Waals surface area contributed by atoms with Gasteiger partial charge in [0.25, 0.3) is 0 Å². The van der Waals surface area contributed by atoms with Crippen LogP contribution in [0, 0.1) is 0 Å². The zero-order chi connectivity index (χ0) is 20.2. The predicted octanol–water partition coefficient (Wildman–Crippen LogP) is 4.90. The molecule has 2 heterocycles. The van der Waals surface area contributed by atoms with Crippen LogP contribution in [0.4, 0.5) is 0 Å². The van der Waals surface area contributed by atoms with Gasteiger partial charge in [0.15, 0.2) is 0 Å². The lowest BCUT2D eigenvalue weighted by Crippen LogP contribution is -2.33. The molecule has 0 radical (unpaired) electrons. The zero-order valence-electron chi connectivity index (χ0n) is 16.9. The Hall–Kier alpha value is -3.08. The smallest absolute Gasteiger partial charge is 0.223 e. The molecule has 1 aliphatic rings. The van der Waals surface area contributed by atoms with E-state index < -0.39 is 0 Å². The van der Waals surface area contributed by atoms with E-state index in [0.717, 1.165) is 52.8 Å². The Bertz CT molecular complexity index is 996. The van der Waals surface area contributed by atoms with Gasteiger partial charge >= 0.3 is 0 Å². The first kappa shape index (κ1) is 19.2. The van der Waals surface area contributed by atoms with Crippen molar-refractivity contribution in [3.63, 3.8) is 0 Å². The Labute approximate surface area is 171 Å². The van der Waals surface area contributed by atoms with Gasteiger partial charge in [0, 0.05) is 24.5 Å². The van der Waals surface area contributed by atoms with Crippen molar-refractivity contribution in [2.24, 2.45) is 0 Å². The molecule has 29 heavy (non-hydrogen) atoms. The number of aromatic nitrogens is 1. The van der Waals surface area contributed by atoms with Crippen LogP contribution in [0.25, 0.3) is 10.9 Å². The Morgan fingerprint density at radius 3 is 2.55 bits per heavy atom. The first-order chi connectivity index (χ1) is 14.2. The Kier molecular flexibility index (Phi) is 5.65. The number of carbonyl (C=O) groups is 1. The van der Waals surface area contributed by atoms with E-state index in [1.54, 1.807) is 14.2 Å². The number of pyridine rings is 1. The molecule has 3 aromatic rings. The average molecular weight is 390 g/mol. The SMILES string of the molecule is COc1cccc(OC)c1C1CCCCC(=O)N1Cc1cnc2ccccc2c1. The number of carbonyl (C=O) groups excluding carboxylic acids is 1. The third-order valence-electron chi connectivity index (χ3n) is 5.61. The first-order valence-electron chi connectivity index (χ1n) is 10.1. The maximum Gasteiger partial charge on any atom is 0.223 e. The van der Waals surface area contributed by atoms with E-state index in [1.807, 2.05) is 47.5 Å². The number of ether oxygens (including phenoxy) is 2. The third-order valence-corrected chi connectivity index (χ3v) is 5.61. The highest BCUT2D eigenvalue weighted by molar-refractivity contribution is 5.80. The Morgan fingerprint density at radius 1 is 1.03 bits per heavy atom. The maximum atomic E-state index is 13.1. The summed E-state index contributed by atoms with van der Waals surface area (Å²) >= 11 is 0. The van der Waals surface area contributed by atoms with E-state index in [2.05, 4.69) is 17.1 Å². The lowest BCUT2D eigenvalue weighted by molar-refractivity contribution is -0.133. The van der Waals surface area contributed by atoms with Gasteiger partial charge in [-0.05, 0) is 42.7 Å². The number of para-hydroxylation sites is 1. The van der Waals surface area contributed by atoms with Crippen LogP contribution in [0.5, 0.6) is 11.5 Å². The van der Waals surface area contributed by atoms with Crippen LogP contribution in [0.1, 0.15) is 42.9 Å². The molecule has 0 saturated carbocycles. The van der Waals surface area contributed by atoms with Crippen LogP contribution in [0.2, 0.25) is 0 Å². The van der Waals surface area contributed by atoms with Gasteiger partial charge in [0.05, 0.1) is 31.3 Å². The molecule has 5 heteroatoms. The summed E-state index contributed by atoms with van der Waals surface area (Å²) in [5.74, 6) is 1.67. The highest BCUT2D eigenvalue weighted by atomic mass is 16.5. The number of nitrogens with zero attached hydrogens (tertiary/aromatic N) is 2. The van der Waals surface area contributed by atoms with Crippen LogP contribution in [-0.2, 0) is 11.3 Å². The molecule has 150 valence electrons. The summed E-state index contributed by atoms with van der Waals surface area (Å²) in [7, 11) is 3.32. The minimum absolute atomic E-state index is 0.0948. The normalized spacial score (nSPS) is 17.2. The van der Waals surface area contributed by atoms with Crippen molar-refractivity contribution in [2.75, 3.05) is 14.2 Å². The van der Waals surface area contributed by atoms with Crippen LogP contribution < -0.4 is 9.47 Å². The summed E-state index contributed by atoms with van der Waals surface area (Å²) in [6.45, 7) is 0.516. The van der Waals surface area contributed by atoms with Gasteiger partial charge in [-0.2, -0.15) is 0 Å². The fraction of sp³-hybridized carbons (Fsp3) is 0.333. The van der Waals surface area contributed by atoms with Gasteiger partial charge in [-0.25, -0.2) is 0 Å². The lowest BCUT2D eigenvalue weighted by Gasteiger charge is -2.32. The van der Waals surface area contributed by atoms with Crippen molar-refractivity contribution in [3.05, 3.63) is 65.9 Å². The van der Waals surface area contributed by atoms with Crippen molar-refractivity contribution in [1.29, 1.82) is 0 Å². The monoisotopic (exact) mass is 390 g/mol. The maximum absolute atomic E-state index is 13.1. The lowest BCUT2D eigenvalue weighted by atomic mass is 9.98. The van der Waals surface area contributed by atoms with Gasteiger partial charge in [-0.3, -0.25) is 9.78 Å². The average Bonchev–Trinajstić information content (AvgIpc) is 2.94. The number of methoxy groups -OCH3 is 2. The van der Waals surface area contributed by atoms with Crippen molar-refractivity contribution in [3.8, 4) is 11.5 Å². The van der Waals surface area contributed by atoms with E-state index in [4.69, 9.17) is 9.47 Å². The molecule has 5 nitrogen and oxygen atoms in total. The van der Waals surface area contributed by atoms with Gasteiger partial charge in [0.2, 0.25) is 5.91 Å². The number of likely N-dealkylation sites (tertiary alicyclic amines) is 1. The standard InChI is InChI=1S/C24H26N2O3/c1-28-21-11-7-12-22(29-2)24(21)20-10-5-6-13-23(27)26(20)16-17-14-18-8-3-4-9-19(18)25-15-17/h3-4,7-9,11-12,14-15,20H,5-6,10,13,16H2,1-2H3. The highest BCUT2D eigenvalue weighted by Gasteiger charge is 2.32. The molecular formula is C24H26N2O3. The summed E-state index contributed by atoms with van der Waals surface area (Å²) in [6, 6.07) is 15.9. The van der Waals surface area contributed by atoms with Crippen LogP contribution in [0.3, 0.4) is 0 Å². The first-order valence-corrected chi connectivity index (χ1v) is 10.1. The van der Waals surface area contributed by atoms with Gasteiger partial charge in [-0.15, -0.1) is 0 Å². The molecule has 1 atom stereocenters. The van der Waals surface area contributed by atoms with Crippen LogP contribution >= 0.6 is 0 Å². The van der Waals surface area contributed by atoms with E-state index in [1.165, 1.54) is 0 Å². The van der Waals surface area contributed by atoms with Gasteiger partial charge < -0.3 is 14.4 Å². The number of hydrogen-bond donors (Lipinski definition) is 0. The molecule has 0 N–H and O–H groups in total. The second-order valence-corrected chi connectivity index (χ2v) is 7.40. The molecule has 1 unspecified atom stereocenters. The van der Waals surface area contributed by atoms with Crippen molar-refractivity contribution < 1.29 is 14.3 Å². The third kappa shape index (κ3) is 3.90. The minimum Gasteiger partial charge on any atom is -0.496 e. The van der Waals surface area contributed by atoms with E-state index in [9.17, 15) is 4.79 Å². The molecule has 1 amide bonds. The van der Waals surface area contributed by atoms with E-state index in [-0.39, 0.29) is 11.9 Å². The molecule has 0 aliphatic carbocycles. The molecule has 4 rings (SSSR count). The second kappa shape index (κ2) is 8.52. The fourth-order valence-corrected chi connectivity index (χ4v) is 4.19. The molecule has 2 aromatic carbocycles. The number of fused-ring (bicyclic) bond motifs is 1. The molecule has 1 fully saturated rings. The summed E-state index contributed by atoms with van der Waals surface area (Å²) in [4.78, 5) is 19.6. The molecule has 1 aromatic heterocycles. The number of hydrogen-bond acceptors (Lipinski definition) is 4. The zero-order valence-corrected chi connectivity index (χ0v) is 16.9. The fourth-order valence-electron chi connectivity index (χ4n) is 4.19. The number of benzene rings is 2. The summed E-state index contributed by atoms with van der Waals surface area (Å²) in [6.07, 6.45) is 5.21. The van der Waals surface area contributed by atoms with E-state index in [0.29, 0.717) is 13.0 Å². The van der Waals surface area contributed by atoms with Crippen LogP contribution in [0.15, 0.2) is 54.7 Å². The molecule has 0 bridgehead atoms. The Balaban J connectivity index is 1.74. The predicted molar refractivity (Wildman–Crippen MR) is 113 cm³/mol. The molecule has 1 saturated heterocycles. The topological polar surface area (TPSA) is 51.7 Å². The second-order valence-electron chi connectivity index (χ2n) is 7.40. The molecule has 0 spiro atoms. The highest BCUT2D eigenvalue weighted by Crippen LogP contribution is 2.42. The van der Waals surface area contributed by atoms with Crippen molar-refractivity contribution in [2.45, 2.75) is 38.3 Å². The largest absolute Gasteiger partial charge is 0.496 e. The number of amides is 1. The van der Waals surface area contributed by atoms with E-state index >= 15 is 0 Å². The molecule has 1 aliphatic heterocycles. The van der Waals surface area contributed by atoms with Crippen molar-refractivity contribution >= 4 is 16.8 Å². The molecular weight excluding hydrogens is 364 g/mol. The summed E-state index contributed by atoms with van der Waals surface area (Å²) < 4.78 is 11.3. The van der Waals surface area contributed by atoms with Crippen LogP contribution in [-0.4, -0.2) is 30.0 Å². The quantitative estimate of drug-likeness (QED) is 0.622. The Morgan fingerprint density at radius 2 is 1.79 bits per heavy atom. The summed E-state index contributed by atoms with van der Waals surface area (Å²) in [5.41, 5.74) is 2.93.